The fraction of sp³-hybridized carbons (Fsp3) is 0.312. The molecule has 0 saturated carbocycles. The van der Waals surface area contributed by atoms with E-state index in [0.29, 0.717) is 12.1 Å². The van der Waals surface area contributed by atoms with Gasteiger partial charge in [0.15, 0.2) is 0 Å². The summed E-state index contributed by atoms with van der Waals surface area (Å²) in [7, 11) is 0. The summed E-state index contributed by atoms with van der Waals surface area (Å²) in [6, 6.07) is 4.33. The van der Waals surface area contributed by atoms with Gasteiger partial charge in [0, 0.05) is 24.0 Å². The molecule has 2 aromatic rings. The van der Waals surface area contributed by atoms with E-state index < -0.39 is 5.82 Å². The number of carbonyl (C=O) groups is 2. The largest absolute Gasteiger partial charge is 0.354 e. The third kappa shape index (κ3) is 5.14. The van der Waals surface area contributed by atoms with Gasteiger partial charge in [-0.15, -0.1) is 11.3 Å². The number of rotatable bonds is 6. The van der Waals surface area contributed by atoms with Gasteiger partial charge in [0.05, 0.1) is 17.1 Å². The van der Waals surface area contributed by atoms with Gasteiger partial charge in [-0.25, -0.2) is 9.37 Å². The summed E-state index contributed by atoms with van der Waals surface area (Å²) in [5.74, 6) is -0.927. The number of carbonyl (C=O) groups excluding carboxylic acids is 2. The number of aryl methyl sites for hydroxylation is 2. The van der Waals surface area contributed by atoms with Crippen LogP contribution in [0.15, 0.2) is 23.6 Å². The molecule has 5 nitrogen and oxygen atoms in total. The Bertz CT molecular complexity index is 715. The zero-order chi connectivity index (χ0) is 16.8. The van der Waals surface area contributed by atoms with E-state index in [1.807, 2.05) is 12.3 Å². The predicted octanol–water partition coefficient (Wildman–Crippen LogP) is 1.99. The minimum absolute atomic E-state index is 0.147. The van der Waals surface area contributed by atoms with Crippen molar-refractivity contribution in [3.8, 4) is 0 Å². The standard InChI is InChI=1S/C16H18FN3O2S/c1-10-3-4-12(7-14(10)17)16(22)19-6-5-18-15(21)8-13-9-23-11(2)20-13/h3-4,7,9H,5-6,8H2,1-2H3,(H,18,21)(H,19,22). The van der Waals surface area contributed by atoms with Crippen LogP contribution in [0.5, 0.6) is 0 Å². The van der Waals surface area contributed by atoms with Crippen molar-refractivity contribution < 1.29 is 14.0 Å². The topological polar surface area (TPSA) is 71.1 Å². The first-order valence-electron chi connectivity index (χ1n) is 7.18. The Hall–Kier alpha value is -2.28. The number of nitrogens with one attached hydrogen (secondary N) is 2. The Balaban J connectivity index is 1.71. The monoisotopic (exact) mass is 335 g/mol. The van der Waals surface area contributed by atoms with E-state index in [1.165, 1.54) is 17.4 Å². The highest BCUT2D eigenvalue weighted by Crippen LogP contribution is 2.09. The summed E-state index contributed by atoms with van der Waals surface area (Å²) in [4.78, 5) is 27.8. The highest BCUT2D eigenvalue weighted by atomic mass is 32.1. The Morgan fingerprint density at radius 3 is 2.61 bits per heavy atom. The molecule has 2 rings (SSSR count). The smallest absolute Gasteiger partial charge is 0.251 e. The third-order valence-corrected chi connectivity index (χ3v) is 4.00. The number of nitrogens with zero attached hydrogens (tertiary/aromatic N) is 1. The van der Waals surface area contributed by atoms with Crippen LogP contribution >= 0.6 is 11.3 Å². The summed E-state index contributed by atoms with van der Waals surface area (Å²) in [5.41, 5.74) is 1.49. The first kappa shape index (κ1) is 17.1. The average Bonchev–Trinajstić information content (AvgIpc) is 2.91. The maximum atomic E-state index is 13.4. The van der Waals surface area contributed by atoms with Gasteiger partial charge in [0.1, 0.15) is 5.82 Å². The van der Waals surface area contributed by atoms with Crippen LogP contribution in [0.25, 0.3) is 0 Å². The van der Waals surface area contributed by atoms with Crippen LogP contribution < -0.4 is 10.6 Å². The second-order valence-electron chi connectivity index (χ2n) is 5.10. The van der Waals surface area contributed by atoms with Crippen molar-refractivity contribution in [1.29, 1.82) is 0 Å². The van der Waals surface area contributed by atoms with Crippen LogP contribution in [0.4, 0.5) is 4.39 Å². The second-order valence-corrected chi connectivity index (χ2v) is 6.17. The lowest BCUT2D eigenvalue weighted by Crippen LogP contribution is -2.35. The first-order chi connectivity index (χ1) is 11.0. The zero-order valence-electron chi connectivity index (χ0n) is 13.0. The Labute approximate surface area is 137 Å². The van der Waals surface area contributed by atoms with Crippen LogP contribution in [0.3, 0.4) is 0 Å². The molecular formula is C16H18FN3O2S. The van der Waals surface area contributed by atoms with Gasteiger partial charge < -0.3 is 10.6 Å². The van der Waals surface area contributed by atoms with E-state index in [2.05, 4.69) is 15.6 Å². The number of hydrogen-bond donors (Lipinski definition) is 2. The van der Waals surface area contributed by atoms with Crippen molar-refractivity contribution in [3.05, 3.63) is 51.2 Å². The van der Waals surface area contributed by atoms with Gasteiger partial charge >= 0.3 is 0 Å². The Morgan fingerprint density at radius 2 is 1.96 bits per heavy atom. The molecule has 122 valence electrons. The van der Waals surface area contributed by atoms with Crippen LogP contribution in [0.1, 0.15) is 26.6 Å². The fourth-order valence-corrected chi connectivity index (χ4v) is 2.54. The molecule has 0 atom stereocenters. The first-order valence-corrected chi connectivity index (χ1v) is 8.05. The molecule has 0 saturated heterocycles. The maximum absolute atomic E-state index is 13.4. The molecule has 23 heavy (non-hydrogen) atoms. The SMILES string of the molecule is Cc1nc(CC(=O)NCCNC(=O)c2ccc(C)c(F)c2)cs1. The van der Waals surface area contributed by atoms with E-state index in [1.54, 1.807) is 19.1 Å². The minimum atomic E-state index is -0.412. The molecule has 1 aromatic carbocycles. The van der Waals surface area contributed by atoms with E-state index in [-0.39, 0.29) is 30.3 Å². The molecule has 0 aliphatic rings. The summed E-state index contributed by atoms with van der Waals surface area (Å²) in [5, 5.41) is 8.11. The zero-order valence-corrected chi connectivity index (χ0v) is 13.8. The molecular weight excluding hydrogens is 317 g/mol. The van der Waals surface area contributed by atoms with Gasteiger partial charge in [-0.1, -0.05) is 6.07 Å². The average molecular weight is 335 g/mol. The Kier molecular flexibility index (Phi) is 5.81. The van der Waals surface area contributed by atoms with Gasteiger partial charge in [0.2, 0.25) is 5.91 Å². The number of thiazole rings is 1. The van der Waals surface area contributed by atoms with E-state index in [9.17, 15) is 14.0 Å². The van der Waals surface area contributed by atoms with Crippen molar-refractivity contribution in [1.82, 2.24) is 15.6 Å². The van der Waals surface area contributed by atoms with Crippen LogP contribution in [0.2, 0.25) is 0 Å². The van der Waals surface area contributed by atoms with Crippen LogP contribution in [-0.4, -0.2) is 29.9 Å². The van der Waals surface area contributed by atoms with E-state index >= 15 is 0 Å². The minimum Gasteiger partial charge on any atom is -0.354 e. The fourth-order valence-electron chi connectivity index (χ4n) is 1.93. The predicted molar refractivity (Wildman–Crippen MR) is 87.0 cm³/mol. The van der Waals surface area contributed by atoms with Crippen LogP contribution in [-0.2, 0) is 11.2 Å². The highest BCUT2D eigenvalue weighted by molar-refractivity contribution is 7.09. The molecule has 1 aromatic heterocycles. The van der Waals surface area contributed by atoms with Gasteiger partial charge in [0.25, 0.3) is 5.91 Å². The molecule has 0 unspecified atom stereocenters. The molecule has 0 bridgehead atoms. The normalized spacial score (nSPS) is 10.4. The molecule has 2 N–H and O–H groups in total. The van der Waals surface area contributed by atoms with Crippen LogP contribution in [0, 0.1) is 19.7 Å². The number of amides is 2. The summed E-state index contributed by atoms with van der Waals surface area (Å²) < 4.78 is 13.4. The lowest BCUT2D eigenvalue weighted by Gasteiger charge is -2.07. The van der Waals surface area contributed by atoms with Gasteiger partial charge in [-0.3, -0.25) is 9.59 Å². The molecule has 0 spiro atoms. The molecule has 0 aliphatic heterocycles. The quantitative estimate of drug-likeness (QED) is 0.793. The third-order valence-electron chi connectivity index (χ3n) is 3.17. The summed E-state index contributed by atoms with van der Waals surface area (Å²) in [6.45, 7) is 4.10. The van der Waals surface area contributed by atoms with Gasteiger partial charge in [-0.2, -0.15) is 0 Å². The van der Waals surface area contributed by atoms with Crippen molar-refractivity contribution in [2.45, 2.75) is 20.3 Å². The molecule has 2 amide bonds. The lowest BCUT2D eigenvalue weighted by molar-refractivity contribution is -0.120. The van der Waals surface area contributed by atoms with E-state index in [0.717, 1.165) is 10.7 Å². The van der Waals surface area contributed by atoms with Crippen molar-refractivity contribution >= 4 is 23.2 Å². The highest BCUT2D eigenvalue weighted by Gasteiger charge is 2.09. The molecule has 0 aliphatic carbocycles. The molecule has 7 heteroatoms. The van der Waals surface area contributed by atoms with Gasteiger partial charge in [-0.05, 0) is 31.5 Å². The Morgan fingerprint density at radius 1 is 1.22 bits per heavy atom. The summed E-state index contributed by atoms with van der Waals surface area (Å²) >= 11 is 1.50. The molecule has 0 fully saturated rings. The van der Waals surface area contributed by atoms with Crippen molar-refractivity contribution in [2.75, 3.05) is 13.1 Å². The van der Waals surface area contributed by atoms with Crippen molar-refractivity contribution in [3.63, 3.8) is 0 Å². The van der Waals surface area contributed by atoms with Crippen molar-refractivity contribution in [2.24, 2.45) is 0 Å². The second kappa shape index (κ2) is 7.82. The number of benzene rings is 1. The molecule has 1 heterocycles. The summed E-state index contributed by atoms with van der Waals surface area (Å²) in [6.07, 6.45) is 0.224. The number of hydrogen-bond acceptors (Lipinski definition) is 4. The number of aromatic nitrogens is 1. The lowest BCUT2D eigenvalue weighted by atomic mass is 10.1. The molecule has 0 radical (unpaired) electrons. The van der Waals surface area contributed by atoms with E-state index in [4.69, 9.17) is 0 Å². The number of halogens is 1. The maximum Gasteiger partial charge on any atom is 0.251 e.